The van der Waals surface area contributed by atoms with Crippen LogP contribution in [0.15, 0.2) is 53.7 Å². The molecule has 1 N–H and O–H groups in total. The van der Waals surface area contributed by atoms with Gasteiger partial charge >= 0.3 is 0 Å². The topological polar surface area (TPSA) is 126 Å². The molecule has 11 heteroatoms. The molecule has 37 heavy (non-hydrogen) atoms. The molecule has 2 aromatic heterocycles. The van der Waals surface area contributed by atoms with Crippen LogP contribution in [0.25, 0.3) is 0 Å². The van der Waals surface area contributed by atoms with Crippen molar-refractivity contribution >= 4 is 17.4 Å². The van der Waals surface area contributed by atoms with Crippen LogP contribution in [0, 0.1) is 0 Å². The number of rotatable bonds is 15. The monoisotopic (exact) mass is 509 g/mol. The summed E-state index contributed by atoms with van der Waals surface area (Å²) in [7, 11) is 1.73. The number of pyridine rings is 1. The van der Waals surface area contributed by atoms with Crippen molar-refractivity contribution in [2.45, 2.75) is 58.8 Å². The lowest BCUT2D eigenvalue weighted by Gasteiger charge is -2.32. The minimum absolute atomic E-state index is 0.0735. The average molecular weight is 510 g/mol. The van der Waals surface area contributed by atoms with Gasteiger partial charge < -0.3 is 19.6 Å². The summed E-state index contributed by atoms with van der Waals surface area (Å²) in [5.74, 6) is -0.891. The number of ether oxygens (including phenoxy) is 2. The van der Waals surface area contributed by atoms with Gasteiger partial charge in [0.2, 0.25) is 11.6 Å². The van der Waals surface area contributed by atoms with Crippen molar-refractivity contribution in [2.24, 2.45) is 12.2 Å². The number of carbonyl (C=O) groups is 1. The number of oxime groups is 1. The Hall–Kier alpha value is -3.70. The minimum atomic E-state index is -1.35. The smallest absolute Gasteiger partial charge is 0.285 e. The van der Waals surface area contributed by atoms with E-state index in [1.807, 2.05) is 44.2 Å². The number of nitrogens with one attached hydrogen (secondary N) is 1. The summed E-state index contributed by atoms with van der Waals surface area (Å²) in [6.45, 7) is 6.75. The summed E-state index contributed by atoms with van der Waals surface area (Å²) >= 11 is 0. The SMILES string of the molecule is CCCCC(OCC)(OCCC)C(=O)Nc1cccc(CON=C(c2ccccc2)c2nnnn2C)n1. The van der Waals surface area contributed by atoms with Gasteiger partial charge in [-0.2, -0.15) is 0 Å². The van der Waals surface area contributed by atoms with Crippen molar-refractivity contribution < 1.29 is 19.1 Å². The second-order valence-electron chi connectivity index (χ2n) is 8.31. The van der Waals surface area contributed by atoms with Gasteiger partial charge in [-0.05, 0) is 42.3 Å². The first kappa shape index (κ1) is 27.9. The molecule has 3 rings (SSSR count). The van der Waals surface area contributed by atoms with Gasteiger partial charge in [0.15, 0.2) is 12.3 Å². The van der Waals surface area contributed by atoms with E-state index >= 15 is 0 Å². The summed E-state index contributed by atoms with van der Waals surface area (Å²) in [6, 6.07) is 14.8. The molecular weight excluding hydrogens is 474 g/mol. The van der Waals surface area contributed by atoms with Crippen molar-refractivity contribution in [3.05, 3.63) is 65.6 Å². The standard InChI is InChI=1S/C26H35N7O4/c1-5-8-17-26(35-7-3,36-18-6-2)25(34)28-22-16-12-15-21(27-22)19-37-30-23(20-13-10-9-11-14-20)24-29-31-32-33(24)4/h9-16H,5-8,17-19H2,1-4H3,(H,27,28,34). The number of amides is 1. The third-order valence-electron chi connectivity index (χ3n) is 5.42. The molecule has 3 aromatic rings. The maximum Gasteiger partial charge on any atom is 0.285 e. The van der Waals surface area contributed by atoms with Gasteiger partial charge in [-0.3, -0.25) is 4.79 Å². The number of aromatic nitrogens is 5. The average Bonchev–Trinajstić information content (AvgIpc) is 3.34. The maximum atomic E-state index is 13.3. The summed E-state index contributed by atoms with van der Waals surface area (Å²) in [6.07, 6.45) is 2.94. The number of anilines is 1. The Balaban J connectivity index is 1.74. The fourth-order valence-corrected chi connectivity index (χ4v) is 3.59. The zero-order chi connectivity index (χ0) is 26.5. The van der Waals surface area contributed by atoms with E-state index in [4.69, 9.17) is 14.3 Å². The molecule has 0 aliphatic heterocycles. The van der Waals surface area contributed by atoms with E-state index < -0.39 is 5.79 Å². The molecule has 0 saturated heterocycles. The van der Waals surface area contributed by atoms with Gasteiger partial charge in [0.25, 0.3) is 5.91 Å². The number of aryl methyl sites for hydroxylation is 1. The van der Waals surface area contributed by atoms with Crippen LogP contribution in [-0.4, -0.2) is 55.8 Å². The number of nitrogens with zero attached hydrogens (tertiary/aromatic N) is 6. The van der Waals surface area contributed by atoms with E-state index in [0.717, 1.165) is 24.8 Å². The maximum absolute atomic E-state index is 13.3. The molecule has 1 unspecified atom stereocenters. The van der Waals surface area contributed by atoms with Crippen LogP contribution >= 0.6 is 0 Å². The van der Waals surface area contributed by atoms with E-state index in [1.54, 1.807) is 25.2 Å². The Kier molecular flexibility index (Phi) is 10.7. The third kappa shape index (κ3) is 7.64. The summed E-state index contributed by atoms with van der Waals surface area (Å²) in [5.41, 5.74) is 1.87. The van der Waals surface area contributed by atoms with E-state index in [1.165, 1.54) is 4.68 Å². The van der Waals surface area contributed by atoms with Crippen LogP contribution in [0.2, 0.25) is 0 Å². The van der Waals surface area contributed by atoms with Crippen LogP contribution in [0.3, 0.4) is 0 Å². The van der Waals surface area contributed by atoms with Gasteiger partial charge in [0.1, 0.15) is 5.82 Å². The van der Waals surface area contributed by atoms with Crippen LogP contribution in [-0.2, 0) is 32.8 Å². The quantitative estimate of drug-likeness (QED) is 0.186. The summed E-state index contributed by atoms with van der Waals surface area (Å²) < 4.78 is 13.3. The first-order chi connectivity index (χ1) is 18.0. The van der Waals surface area contributed by atoms with Gasteiger partial charge in [0.05, 0.1) is 12.3 Å². The zero-order valence-electron chi connectivity index (χ0n) is 21.9. The molecule has 1 aromatic carbocycles. The Bertz CT molecular complexity index is 1140. The lowest BCUT2D eigenvalue weighted by Crippen LogP contribution is -2.48. The Morgan fingerprint density at radius 1 is 1.05 bits per heavy atom. The first-order valence-corrected chi connectivity index (χ1v) is 12.6. The molecule has 0 aliphatic carbocycles. The molecule has 1 amide bonds. The molecule has 11 nitrogen and oxygen atoms in total. The highest BCUT2D eigenvalue weighted by atomic mass is 16.7. The van der Waals surface area contributed by atoms with Gasteiger partial charge in [-0.15, -0.1) is 5.10 Å². The molecule has 0 saturated carbocycles. The largest absolute Gasteiger partial charge is 0.389 e. The van der Waals surface area contributed by atoms with Crippen LogP contribution in [0.1, 0.15) is 63.5 Å². The first-order valence-electron chi connectivity index (χ1n) is 12.6. The number of tetrazole rings is 1. The second-order valence-corrected chi connectivity index (χ2v) is 8.31. The highest BCUT2D eigenvalue weighted by Crippen LogP contribution is 2.24. The van der Waals surface area contributed by atoms with Crippen molar-refractivity contribution in [1.29, 1.82) is 0 Å². The summed E-state index contributed by atoms with van der Waals surface area (Å²) in [5, 5.41) is 18.8. The highest BCUT2D eigenvalue weighted by Gasteiger charge is 2.40. The Labute approximate surface area is 217 Å². The van der Waals surface area contributed by atoms with Crippen molar-refractivity contribution in [3.63, 3.8) is 0 Å². The van der Waals surface area contributed by atoms with Gasteiger partial charge in [-0.25, -0.2) is 9.67 Å². The van der Waals surface area contributed by atoms with Crippen LogP contribution in [0.5, 0.6) is 0 Å². The molecule has 0 radical (unpaired) electrons. The molecule has 0 fully saturated rings. The number of unbranched alkanes of at least 4 members (excludes halogenated alkanes) is 1. The van der Waals surface area contributed by atoms with E-state index in [-0.39, 0.29) is 12.5 Å². The number of benzene rings is 1. The van der Waals surface area contributed by atoms with E-state index in [2.05, 4.69) is 37.9 Å². The fraction of sp³-hybridized carbons (Fsp3) is 0.462. The number of hydrogen-bond acceptors (Lipinski definition) is 9. The van der Waals surface area contributed by atoms with Crippen molar-refractivity contribution in [1.82, 2.24) is 25.2 Å². The number of carbonyl (C=O) groups excluding carboxylic acids is 1. The molecule has 198 valence electrons. The van der Waals surface area contributed by atoms with Crippen molar-refractivity contribution in [2.75, 3.05) is 18.5 Å². The molecule has 0 spiro atoms. The highest BCUT2D eigenvalue weighted by molar-refractivity contribution is 6.10. The predicted molar refractivity (Wildman–Crippen MR) is 139 cm³/mol. The van der Waals surface area contributed by atoms with Gasteiger partial charge in [0, 0.05) is 25.6 Å². The summed E-state index contributed by atoms with van der Waals surface area (Å²) in [4.78, 5) is 23.5. The molecule has 0 aliphatic rings. The number of hydrogen-bond donors (Lipinski definition) is 1. The minimum Gasteiger partial charge on any atom is -0.389 e. The normalized spacial score (nSPS) is 13.2. The molecule has 2 heterocycles. The Morgan fingerprint density at radius 3 is 2.54 bits per heavy atom. The zero-order valence-corrected chi connectivity index (χ0v) is 21.9. The lowest BCUT2D eigenvalue weighted by molar-refractivity contribution is -0.228. The molecule has 1 atom stereocenters. The Morgan fingerprint density at radius 2 is 1.86 bits per heavy atom. The molecular formula is C26H35N7O4. The predicted octanol–water partition coefficient (Wildman–Crippen LogP) is 3.86. The molecule has 0 bridgehead atoms. The second kappa shape index (κ2) is 14.1. The van der Waals surface area contributed by atoms with E-state index in [9.17, 15) is 4.79 Å². The van der Waals surface area contributed by atoms with Crippen molar-refractivity contribution in [3.8, 4) is 0 Å². The lowest BCUT2D eigenvalue weighted by atomic mass is 10.1. The fourth-order valence-electron chi connectivity index (χ4n) is 3.59. The van der Waals surface area contributed by atoms with E-state index in [0.29, 0.717) is 42.7 Å². The van der Waals surface area contributed by atoms with Crippen LogP contribution in [0.4, 0.5) is 5.82 Å². The van der Waals surface area contributed by atoms with Crippen LogP contribution < -0.4 is 5.32 Å². The van der Waals surface area contributed by atoms with Gasteiger partial charge in [-0.1, -0.05) is 61.8 Å². The third-order valence-corrected chi connectivity index (χ3v) is 5.42.